The minimum atomic E-state index is -0.871. The number of nitrogens with one attached hydrogen (secondary N) is 1. The van der Waals surface area contributed by atoms with Gasteiger partial charge in [0, 0.05) is 32.7 Å². The first kappa shape index (κ1) is 17.8. The van der Waals surface area contributed by atoms with Crippen molar-refractivity contribution >= 4 is 12.0 Å². The molecule has 2 amide bonds. The molecule has 0 aromatic rings. The molecule has 6 nitrogen and oxygen atoms in total. The first-order valence-corrected chi connectivity index (χ1v) is 7.75. The van der Waals surface area contributed by atoms with Gasteiger partial charge in [0.2, 0.25) is 0 Å². The number of hydrogen-bond acceptors (Lipinski definition) is 3. The average molecular weight is 300 g/mol. The van der Waals surface area contributed by atoms with E-state index in [1.165, 1.54) is 0 Å². The molecule has 1 rings (SSSR count). The molecule has 0 saturated carbocycles. The molecule has 0 aromatic heterocycles. The number of nitrogens with zero attached hydrogens (tertiary/aromatic N) is 1. The smallest absolute Gasteiger partial charge is 0.317 e. The maximum Gasteiger partial charge on any atom is 0.317 e. The number of carboxylic acid groups (broad SMARTS) is 1. The molecule has 0 bridgehead atoms. The molecule has 1 saturated heterocycles. The van der Waals surface area contributed by atoms with E-state index in [1.807, 2.05) is 13.8 Å². The van der Waals surface area contributed by atoms with Crippen molar-refractivity contribution in [3.63, 3.8) is 0 Å². The van der Waals surface area contributed by atoms with Crippen LogP contribution in [0, 0.1) is 11.3 Å². The molecule has 1 aliphatic rings. The minimum absolute atomic E-state index is 0.166. The highest BCUT2D eigenvalue weighted by atomic mass is 16.5. The molecule has 0 radical (unpaired) electrons. The lowest BCUT2D eigenvalue weighted by atomic mass is 9.82. The maximum atomic E-state index is 12.1. The third kappa shape index (κ3) is 4.88. The van der Waals surface area contributed by atoms with Gasteiger partial charge in [-0.15, -0.1) is 0 Å². The third-order valence-electron chi connectivity index (χ3n) is 4.52. The second-order valence-corrected chi connectivity index (χ2v) is 5.91. The first-order valence-electron chi connectivity index (χ1n) is 7.75. The van der Waals surface area contributed by atoms with Crippen molar-refractivity contribution in [2.45, 2.75) is 39.5 Å². The third-order valence-corrected chi connectivity index (χ3v) is 4.52. The molecule has 6 heteroatoms. The summed E-state index contributed by atoms with van der Waals surface area (Å²) in [7, 11) is 1.74. The summed E-state index contributed by atoms with van der Waals surface area (Å²) in [6.45, 7) is 5.99. The molecule has 0 aliphatic carbocycles. The Kier molecular flexibility index (Phi) is 6.95. The van der Waals surface area contributed by atoms with Crippen LogP contribution in [0.5, 0.6) is 0 Å². The number of urea groups is 1. The maximum absolute atomic E-state index is 12.1. The lowest BCUT2D eigenvalue weighted by molar-refractivity contribution is -0.149. The summed E-state index contributed by atoms with van der Waals surface area (Å²) < 4.78 is 5.41. The number of rotatable bonds is 7. The van der Waals surface area contributed by atoms with Gasteiger partial charge in [0.25, 0.3) is 0 Å². The van der Waals surface area contributed by atoms with E-state index in [2.05, 4.69) is 5.32 Å². The summed E-state index contributed by atoms with van der Waals surface area (Å²) >= 11 is 0. The SMILES string of the molecule is CCC(CC)(CNC(=O)N(C)CC1CCCOC1)C(=O)O. The van der Waals surface area contributed by atoms with Crippen molar-refractivity contribution in [3.8, 4) is 0 Å². The van der Waals surface area contributed by atoms with Crippen molar-refractivity contribution in [1.82, 2.24) is 10.2 Å². The Hall–Kier alpha value is -1.30. The van der Waals surface area contributed by atoms with Crippen LogP contribution >= 0.6 is 0 Å². The number of carboxylic acids is 1. The molecule has 2 N–H and O–H groups in total. The summed E-state index contributed by atoms with van der Waals surface area (Å²) in [5.41, 5.74) is -0.871. The Morgan fingerprint density at radius 2 is 2.05 bits per heavy atom. The van der Waals surface area contributed by atoms with Gasteiger partial charge in [0.1, 0.15) is 0 Å². The molecular formula is C15H28N2O4. The zero-order chi connectivity index (χ0) is 15.9. The van der Waals surface area contributed by atoms with Crippen LogP contribution in [0.25, 0.3) is 0 Å². The van der Waals surface area contributed by atoms with Gasteiger partial charge in [-0.05, 0) is 25.7 Å². The molecule has 1 unspecified atom stereocenters. The van der Waals surface area contributed by atoms with Gasteiger partial charge in [0.15, 0.2) is 0 Å². The Morgan fingerprint density at radius 3 is 2.52 bits per heavy atom. The monoisotopic (exact) mass is 300 g/mol. The standard InChI is InChI=1S/C15H28N2O4/c1-4-15(5-2,13(18)19)11-16-14(20)17(3)9-12-7-6-8-21-10-12/h12H,4-11H2,1-3H3,(H,16,20)(H,18,19). The largest absolute Gasteiger partial charge is 0.481 e. The quantitative estimate of drug-likeness (QED) is 0.753. The Balaban J connectivity index is 2.45. The van der Waals surface area contributed by atoms with Crippen LogP contribution in [0.15, 0.2) is 0 Å². The molecule has 1 heterocycles. The van der Waals surface area contributed by atoms with Crippen LogP contribution in [0.4, 0.5) is 4.79 Å². The predicted octanol–water partition coefficient (Wildman–Crippen LogP) is 1.95. The van der Waals surface area contributed by atoms with Gasteiger partial charge >= 0.3 is 12.0 Å². The van der Waals surface area contributed by atoms with E-state index < -0.39 is 11.4 Å². The molecule has 0 spiro atoms. The van der Waals surface area contributed by atoms with E-state index in [0.717, 1.165) is 19.4 Å². The van der Waals surface area contributed by atoms with Crippen LogP contribution in [-0.2, 0) is 9.53 Å². The van der Waals surface area contributed by atoms with Gasteiger partial charge in [-0.2, -0.15) is 0 Å². The average Bonchev–Trinajstić information content (AvgIpc) is 2.49. The van der Waals surface area contributed by atoms with Crippen molar-refractivity contribution in [2.24, 2.45) is 11.3 Å². The predicted molar refractivity (Wildman–Crippen MR) is 80.2 cm³/mol. The Morgan fingerprint density at radius 1 is 1.38 bits per heavy atom. The van der Waals surface area contributed by atoms with Crippen molar-refractivity contribution in [3.05, 3.63) is 0 Å². The number of hydrogen-bond donors (Lipinski definition) is 2. The number of ether oxygens (including phenoxy) is 1. The highest BCUT2D eigenvalue weighted by Crippen LogP contribution is 2.25. The summed E-state index contributed by atoms with van der Waals surface area (Å²) in [5, 5.41) is 12.1. The minimum Gasteiger partial charge on any atom is -0.481 e. The molecular weight excluding hydrogens is 272 g/mol. The van der Waals surface area contributed by atoms with E-state index in [4.69, 9.17) is 4.74 Å². The second kappa shape index (κ2) is 8.22. The molecule has 1 aliphatic heterocycles. The van der Waals surface area contributed by atoms with Gasteiger partial charge in [0.05, 0.1) is 12.0 Å². The van der Waals surface area contributed by atoms with E-state index in [-0.39, 0.29) is 12.6 Å². The molecule has 1 atom stereocenters. The molecule has 0 aromatic carbocycles. The highest BCUT2D eigenvalue weighted by Gasteiger charge is 2.35. The van der Waals surface area contributed by atoms with E-state index in [0.29, 0.717) is 31.9 Å². The summed E-state index contributed by atoms with van der Waals surface area (Å²) in [6.07, 6.45) is 3.10. The van der Waals surface area contributed by atoms with E-state index in [9.17, 15) is 14.7 Å². The van der Waals surface area contributed by atoms with Gasteiger partial charge in [-0.25, -0.2) is 4.79 Å². The second-order valence-electron chi connectivity index (χ2n) is 5.91. The van der Waals surface area contributed by atoms with Crippen molar-refractivity contribution < 1.29 is 19.4 Å². The van der Waals surface area contributed by atoms with E-state index in [1.54, 1.807) is 11.9 Å². The summed E-state index contributed by atoms with van der Waals surface area (Å²) in [5.74, 6) is -0.479. The number of carbonyl (C=O) groups is 2. The summed E-state index contributed by atoms with van der Waals surface area (Å²) in [4.78, 5) is 25.1. The number of amides is 2. The van der Waals surface area contributed by atoms with Crippen molar-refractivity contribution in [1.29, 1.82) is 0 Å². The topological polar surface area (TPSA) is 78.9 Å². The van der Waals surface area contributed by atoms with Gasteiger partial charge in [-0.3, -0.25) is 4.79 Å². The number of aliphatic carboxylic acids is 1. The fourth-order valence-electron chi connectivity index (χ4n) is 2.68. The van der Waals surface area contributed by atoms with Crippen molar-refractivity contribution in [2.75, 3.05) is 33.4 Å². The Labute approximate surface area is 126 Å². The Bertz CT molecular complexity index is 350. The zero-order valence-electron chi connectivity index (χ0n) is 13.4. The normalized spacial score (nSPS) is 19.1. The number of carbonyl (C=O) groups excluding carboxylic acids is 1. The molecule has 122 valence electrons. The fraction of sp³-hybridized carbons (Fsp3) is 0.867. The molecule has 21 heavy (non-hydrogen) atoms. The first-order chi connectivity index (χ1) is 9.95. The van der Waals surface area contributed by atoms with Crippen LogP contribution in [0.3, 0.4) is 0 Å². The zero-order valence-corrected chi connectivity index (χ0v) is 13.4. The van der Waals surface area contributed by atoms with Crippen LogP contribution in [-0.4, -0.2) is 55.4 Å². The van der Waals surface area contributed by atoms with Gasteiger partial charge in [-0.1, -0.05) is 13.8 Å². The summed E-state index contributed by atoms with van der Waals surface area (Å²) in [6, 6.07) is -0.215. The highest BCUT2D eigenvalue weighted by molar-refractivity contribution is 5.78. The molecule has 1 fully saturated rings. The van der Waals surface area contributed by atoms with Gasteiger partial charge < -0.3 is 20.1 Å². The fourth-order valence-corrected chi connectivity index (χ4v) is 2.68. The van der Waals surface area contributed by atoms with E-state index >= 15 is 0 Å². The van der Waals surface area contributed by atoms with Crippen LogP contribution < -0.4 is 5.32 Å². The lowest BCUT2D eigenvalue weighted by Gasteiger charge is -2.30. The lowest BCUT2D eigenvalue weighted by Crippen LogP contribution is -2.47. The van der Waals surface area contributed by atoms with Crippen LogP contribution in [0.1, 0.15) is 39.5 Å². The van der Waals surface area contributed by atoms with Crippen LogP contribution in [0.2, 0.25) is 0 Å².